The van der Waals surface area contributed by atoms with Crippen LogP contribution in [0.15, 0.2) is 87.5 Å². The molecule has 1 N–H and O–H groups in total. The van der Waals surface area contributed by atoms with Crippen molar-refractivity contribution in [2.24, 2.45) is 0 Å². The van der Waals surface area contributed by atoms with Crippen molar-refractivity contribution in [2.45, 2.75) is 113 Å². The summed E-state index contributed by atoms with van der Waals surface area (Å²) in [5, 5.41) is 15.3. The number of hydrogen-bond acceptors (Lipinski definition) is 5. The van der Waals surface area contributed by atoms with Crippen LogP contribution < -0.4 is 19.3 Å². The predicted molar refractivity (Wildman–Crippen MR) is 178 cm³/mol. The Hall–Kier alpha value is -3.32. The normalized spacial score (nSPS) is 10.6. The van der Waals surface area contributed by atoms with Crippen molar-refractivity contribution < 1.29 is 29.2 Å². The lowest BCUT2D eigenvalue weighted by Crippen LogP contribution is -2.17. The monoisotopic (exact) mass is 624 g/mol. The maximum absolute atomic E-state index is 8.44. The Kier molecular flexibility index (Phi) is 19.4. The van der Waals surface area contributed by atoms with Crippen LogP contribution in [0.2, 0.25) is 0 Å². The lowest BCUT2D eigenvalue weighted by atomic mass is 10.2. The second-order valence-corrected chi connectivity index (χ2v) is 12.7. The van der Waals surface area contributed by atoms with Gasteiger partial charge in [-0.1, -0.05) is 78.6 Å². The van der Waals surface area contributed by atoms with Gasteiger partial charge in [-0.3, -0.25) is 0 Å². The minimum atomic E-state index is -2.08. The van der Waals surface area contributed by atoms with Crippen molar-refractivity contribution >= 4 is 17.1 Å². The number of carboxylic acid groups (broad SMARTS) is 2. The highest BCUT2D eigenvalue weighted by molar-refractivity contribution is 7.97. The average Bonchev–Trinajstić information content (AvgIpc) is 3.03. The van der Waals surface area contributed by atoms with Crippen molar-refractivity contribution in [1.82, 2.24) is 0 Å². The molecule has 0 radical (unpaired) electrons. The molecule has 0 aliphatic carbocycles. The molecule has 242 valence electrons. The first-order valence-corrected chi connectivity index (χ1v) is 17.5. The van der Waals surface area contributed by atoms with E-state index < -0.39 is 6.16 Å². The molecule has 0 unspecified atom stereocenters. The lowest BCUT2D eigenvalue weighted by Gasteiger charge is -2.12. The summed E-state index contributed by atoms with van der Waals surface area (Å²) in [7, 11) is -0.236. The summed E-state index contributed by atoms with van der Waals surface area (Å²) in [6.07, 6.45) is 12.5. The summed E-state index contributed by atoms with van der Waals surface area (Å²) in [4.78, 5) is 12.3. The van der Waals surface area contributed by atoms with E-state index in [0.717, 1.165) is 56.3 Å². The maximum atomic E-state index is 8.44. The van der Waals surface area contributed by atoms with Gasteiger partial charge in [-0.15, -0.1) is 0 Å². The quantitative estimate of drug-likeness (QED) is 0.0938. The third-order valence-corrected chi connectivity index (χ3v) is 9.21. The third kappa shape index (κ3) is 15.4. The highest BCUT2D eigenvalue weighted by Gasteiger charge is 2.29. The molecule has 0 fully saturated rings. The molecule has 0 atom stereocenters. The second-order valence-electron chi connectivity index (χ2n) is 10.7. The summed E-state index contributed by atoms with van der Waals surface area (Å²) in [6.45, 7) is 9.06. The molecule has 6 nitrogen and oxygen atoms in total. The summed E-state index contributed by atoms with van der Waals surface area (Å²) in [5.41, 5.74) is 0. The Balaban J connectivity index is 0.00000159. The van der Waals surface area contributed by atoms with Gasteiger partial charge in [-0.05, 0) is 92.1 Å². The van der Waals surface area contributed by atoms with E-state index in [1.54, 1.807) is 0 Å². The molecule has 3 rings (SSSR count). The Morgan fingerprint density at radius 1 is 0.523 bits per heavy atom. The number of carbonyl (C=O) groups is 1. The molecular weight excluding hydrogens is 572 g/mol. The van der Waals surface area contributed by atoms with Gasteiger partial charge in [0.2, 0.25) is 6.16 Å². The topological polar surface area (TPSA) is 88.1 Å². The Labute approximate surface area is 268 Å². The summed E-state index contributed by atoms with van der Waals surface area (Å²) >= 11 is 0. The maximum Gasteiger partial charge on any atom is 0.249 e. The summed E-state index contributed by atoms with van der Waals surface area (Å²) in [5.74, 6) is 2.84. The summed E-state index contributed by atoms with van der Waals surface area (Å²) < 4.78 is 18.1. The minimum Gasteiger partial charge on any atom is -0.565 e. The number of ether oxygens (including phenoxy) is 3. The molecule has 7 heteroatoms. The van der Waals surface area contributed by atoms with Gasteiger partial charge in [0.25, 0.3) is 0 Å². The average molecular weight is 625 g/mol. The van der Waals surface area contributed by atoms with Crippen LogP contribution >= 0.6 is 0 Å². The zero-order valence-corrected chi connectivity index (χ0v) is 27.7. The zero-order valence-electron chi connectivity index (χ0n) is 26.9. The second kappa shape index (κ2) is 23.1. The largest absolute Gasteiger partial charge is 0.565 e. The first kappa shape index (κ1) is 36.9. The van der Waals surface area contributed by atoms with Crippen molar-refractivity contribution in [1.29, 1.82) is 0 Å². The lowest BCUT2D eigenvalue weighted by molar-refractivity contribution is -0.275. The third-order valence-electron chi connectivity index (χ3n) is 6.98. The van der Waals surface area contributed by atoms with Crippen LogP contribution in [-0.4, -0.2) is 31.1 Å². The van der Waals surface area contributed by atoms with Gasteiger partial charge in [0.15, 0.2) is 14.7 Å². The minimum absolute atomic E-state index is 0.236. The van der Waals surface area contributed by atoms with Gasteiger partial charge in [0, 0.05) is 0 Å². The first-order valence-electron chi connectivity index (χ1n) is 16.3. The number of hydrogen-bond donors (Lipinski definition) is 1. The van der Waals surface area contributed by atoms with Crippen LogP contribution in [-0.2, 0) is 10.9 Å². The molecule has 0 saturated carbocycles. The van der Waals surface area contributed by atoms with Crippen LogP contribution in [0.25, 0.3) is 0 Å². The molecule has 3 aromatic carbocycles. The molecule has 0 spiro atoms. The van der Waals surface area contributed by atoms with E-state index in [2.05, 4.69) is 93.6 Å². The fourth-order valence-electron chi connectivity index (χ4n) is 4.58. The van der Waals surface area contributed by atoms with Crippen molar-refractivity contribution in [3.05, 3.63) is 72.8 Å². The molecule has 0 aromatic heterocycles. The molecule has 0 saturated heterocycles. The van der Waals surface area contributed by atoms with Gasteiger partial charge < -0.3 is 29.2 Å². The van der Waals surface area contributed by atoms with E-state index >= 15 is 0 Å². The van der Waals surface area contributed by atoms with Crippen LogP contribution in [0.5, 0.6) is 17.2 Å². The van der Waals surface area contributed by atoms with Gasteiger partial charge in [0.1, 0.15) is 17.2 Å². The van der Waals surface area contributed by atoms with Crippen molar-refractivity contribution in [3.8, 4) is 17.2 Å². The molecular formula is C37H52O6S. The molecule has 0 heterocycles. The standard InChI is InChI=1S/C36H51O3S.CH2O3/c1-4-7-10-13-28-37-31-16-22-34(23-17-31)40(35-24-18-32(19-25-35)38-29-14-11-8-5-2)36-26-20-33(21-27-36)39-30-15-12-9-6-3;2-1(3)4/h16-27H,4-15,28-30H2,1-3H3;(H2,2,3,4)/q+1;/p-1. The molecule has 0 bridgehead atoms. The Morgan fingerprint density at radius 3 is 1.00 bits per heavy atom. The SMILES string of the molecule is CCCCCCOc1ccc([S+](c2ccc(OCCCCCC)cc2)c2ccc(OCCCCCC)cc2)cc1.O=C([O-])O. The van der Waals surface area contributed by atoms with Crippen molar-refractivity contribution in [2.75, 3.05) is 19.8 Å². The van der Waals surface area contributed by atoms with Gasteiger partial charge in [0.05, 0.1) is 30.7 Å². The van der Waals surface area contributed by atoms with Gasteiger partial charge >= 0.3 is 0 Å². The van der Waals surface area contributed by atoms with Gasteiger partial charge in [-0.25, -0.2) is 0 Å². The van der Waals surface area contributed by atoms with Crippen molar-refractivity contribution in [3.63, 3.8) is 0 Å². The van der Waals surface area contributed by atoms with Crippen LogP contribution in [0.4, 0.5) is 4.79 Å². The van der Waals surface area contributed by atoms with Crippen LogP contribution in [0.1, 0.15) is 97.8 Å². The fraction of sp³-hybridized carbons (Fsp3) is 0.486. The molecule has 44 heavy (non-hydrogen) atoms. The number of rotatable bonds is 21. The first-order chi connectivity index (χ1) is 21.5. The molecule has 0 amide bonds. The van der Waals surface area contributed by atoms with Crippen LogP contribution in [0, 0.1) is 0 Å². The number of unbranched alkanes of at least 4 members (excludes halogenated alkanes) is 9. The Bertz CT molecular complexity index is 991. The van der Waals surface area contributed by atoms with Gasteiger partial charge in [-0.2, -0.15) is 0 Å². The van der Waals surface area contributed by atoms with E-state index in [9.17, 15) is 0 Å². The Morgan fingerprint density at radius 2 is 0.773 bits per heavy atom. The van der Waals surface area contributed by atoms with E-state index in [0.29, 0.717) is 0 Å². The molecule has 0 aliphatic rings. The molecule has 0 aliphatic heterocycles. The predicted octanol–water partition coefficient (Wildman–Crippen LogP) is 9.55. The number of benzene rings is 3. The van der Waals surface area contributed by atoms with Crippen LogP contribution in [0.3, 0.4) is 0 Å². The summed E-state index contributed by atoms with van der Waals surface area (Å²) in [6, 6.07) is 26.1. The highest BCUT2D eigenvalue weighted by Crippen LogP contribution is 2.34. The zero-order chi connectivity index (χ0) is 31.8. The van der Waals surface area contributed by atoms with E-state index in [-0.39, 0.29) is 10.9 Å². The smallest absolute Gasteiger partial charge is 0.249 e. The fourth-order valence-corrected chi connectivity index (χ4v) is 6.62. The van der Waals surface area contributed by atoms with E-state index in [1.807, 2.05) is 0 Å². The van der Waals surface area contributed by atoms with E-state index in [1.165, 1.54) is 72.5 Å². The van der Waals surface area contributed by atoms with E-state index in [4.69, 9.17) is 29.2 Å². The molecule has 3 aromatic rings. The highest BCUT2D eigenvalue weighted by atomic mass is 32.2.